The number of rotatable bonds is 7. The second-order valence-electron chi connectivity index (χ2n) is 7.72. The van der Waals surface area contributed by atoms with E-state index < -0.39 is 31.1 Å². The molecule has 0 spiro atoms. The summed E-state index contributed by atoms with van der Waals surface area (Å²) >= 11 is 0. The second-order valence-corrected chi connectivity index (χ2v) is 7.72. The van der Waals surface area contributed by atoms with Gasteiger partial charge < -0.3 is 30.7 Å². The Bertz CT molecular complexity index is 1160. The zero-order chi connectivity index (χ0) is 23.5. The number of ether oxygens (including phenoxy) is 1. The number of nitrogen functional groups attached to an aromatic ring is 1. The number of aliphatic hydroxyl groups excluding tert-OH is 3. The lowest BCUT2D eigenvalue weighted by molar-refractivity contribution is -0.0511. The van der Waals surface area contributed by atoms with Gasteiger partial charge in [-0.2, -0.15) is 15.1 Å². The van der Waals surface area contributed by atoms with Crippen molar-refractivity contribution in [1.29, 1.82) is 0 Å². The molecule has 4 rings (SSSR count). The predicted molar refractivity (Wildman–Crippen MR) is 125 cm³/mol. The monoisotopic (exact) mass is 454 g/mol. The van der Waals surface area contributed by atoms with Crippen LogP contribution in [0.5, 0.6) is 0 Å². The Hall–Kier alpha value is -3.58. The first-order valence-corrected chi connectivity index (χ1v) is 10.2. The minimum atomic E-state index is -1.28. The van der Waals surface area contributed by atoms with Crippen molar-refractivity contribution in [3.8, 4) is 0 Å². The number of imidazole rings is 1. The molecule has 1 aromatic carbocycles. The van der Waals surface area contributed by atoms with Gasteiger partial charge in [-0.3, -0.25) is 4.57 Å². The van der Waals surface area contributed by atoms with Crippen LogP contribution in [0, 0.1) is 0 Å². The molecule has 33 heavy (non-hydrogen) atoms. The minimum Gasteiger partial charge on any atom is -0.394 e. The standard InChI is InChI=1S/C21H26N8O4/c1-28(2)13-7-5-12(6-8-13)4-3-9-24-27-21-25-18(22)15-19(26-21)29(11-23-15)20-17(32)16(31)14(10-30)33-20/h3-9,11,14,16-17,20,30-32H,10H2,1-2H3,(H3,22,25,26,27)/b4-3+,24-9+/t14-,16-,17-,20-/m1/s1. The van der Waals surface area contributed by atoms with E-state index in [1.54, 1.807) is 12.3 Å². The molecule has 0 saturated carbocycles. The number of aliphatic hydroxyl groups is 3. The average molecular weight is 454 g/mol. The molecular weight excluding hydrogens is 428 g/mol. The Labute approximate surface area is 189 Å². The quantitative estimate of drug-likeness (QED) is 0.246. The van der Waals surface area contributed by atoms with E-state index >= 15 is 0 Å². The summed E-state index contributed by atoms with van der Waals surface area (Å²) < 4.78 is 6.99. The highest BCUT2D eigenvalue weighted by molar-refractivity contribution is 5.83. The summed E-state index contributed by atoms with van der Waals surface area (Å²) in [5, 5.41) is 33.7. The average Bonchev–Trinajstić information content (AvgIpc) is 3.35. The van der Waals surface area contributed by atoms with Crippen LogP contribution in [0.2, 0.25) is 0 Å². The summed E-state index contributed by atoms with van der Waals surface area (Å²) in [5.41, 5.74) is 11.4. The first kappa shape index (κ1) is 22.6. The van der Waals surface area contributed by atoms with E-state index in [2.05, 4.69) is 25.5 Å². The van der Waals surface area contributed by atoms with Crippen LogP contribution in [-0.4, -0.2) is 80.1 Å². The second kappa shape index (κ2) is 9.50. The third kappa shape index (κ3) is 4.64. The lowest BCUT2D eigenvalue weighted by atomic mass is 10.1. The fraction of sp³-hybridized carbons (Fsp3) is 0.333. The van der Waals surface area contributed by atoms with Crippen molar-refractivity contribution in [2.45, 2.75) is 24.5 Å². The Morgan fingerprint density at radius 1 is 1.21 bits per heavy atom. The van der Waals surface area contributed by atoms with Crippen molar-refractivity contribution in [3.63, 3.8) is 0 Å². The molecule has 0 bridgehead atoms. The molecule has 3 aromatic rings. The lowest BCUT2D eigenvalue weighted by Crippen LogP contribution is -2.33. The van der Waals surface area contributed by atoms with Gasteiger partial charge in [-0.25, -0.2) is 10.4 Å². The van der Waals surface area contributed by atoms with Gasteiger partial charge in [-0.05, 0) is 23.8 Å². The van der Waals surface area contributed by atoms with Crippen molar-refractivity contribution in [3.05, 3.63) is 42.2 Å². The fourth-order valence-electron chi connectivity index (χ4n) is 3.46. The maximum absolute atomic E-state index is 10.3. The number of nitrogens with zero attached hydrogens (tertiary/aromatic N) is 6. The zero-order valence-electron chi connectivity index (χ0n) is 18.1. The van der Waals surface area contributed by atoms with Crippen LogP contribution in [0.3, 0.4) is 0 Å². The molecule has 1 aliphatic rings. The number of hydrogen-bond donors (Lipinski definition) is 5. The van der Waals surface area contributed by atoms with Crippen molar-refractivity contribution in [2.24, 2.45) is 5.10 Å². The molecule has 4 atom stereocenters. The first-order valence-electron chi connectivity index (χ1n) is 10.2. The summed E-state index contributed by atoms with van der Waals surface area (Å²) in [7, 11) is 3.97. The molecule has 1 fully saturated rings. The number of anilines is 3. The maximum Gasteiger partial charge on any atom is 0.247 e. The number of hydrogen-bond acceptors (Lipinski definition) is 11. The van der Waals surface area contributed by atoms with E-state index in [0.29, 0.717) is 5.52 Å². The van der Waals surface area contributed by atoms with E-state index in [-0.39, 0.29) is 17.4 Å². The number of nitrogens with one attached hydrogen (secondary N) is 1. The highest BCUT2D eigenvalue weighted by Crippen LogP contribution is 2.32. The molecule has 0 unspecified atom stereocenters. The summed E-state index contributed by atoms with van der Waals surface area (Å²) in [6.07, 6.45) is 2.17. The van der Waals surface area contributed by atoms with Gasteiger partial charge in [0.15, 0.2) is 17.7 Å². The molecule has 174 valence electrons. The van der Waals surface area contributed by atoms with Gasteiger partial charge in [0.1, 0.15) is 23.8 Å². The van der Waals surface area contributed by atoms with E-state index in [1.807, 2.05) is 49.3 Å². The number of fused-ring (bicyclic) bond motifs is 1. The molecule has 12 nitrogen and oxygen atoms in total. The summed E-state index contributed by atoms with van der Waals surface area (Å²) in [5.74, 6) is 0.230. The van der Waals surface area contributed by atoms with Crippen LogP contribution in [0.25, 0.3) is 17.2 Å². The molecule has 1 saturated heterocycles. The summed E-state index contributed by atoms with van der Waals surface area (Å²) in [6, 6.07) is 8.06. The SMILES string of the molecule is CN(C)c1ccc(/C=C/C=N/Nc2nc(N)c3ncn([C@@H]4O[C@H](CO)[C@@H](O)[C@H]4O)c3n2)cc1. The molecule has 0 amide bonds. The molecule has 6 N–H and O–H groups in total. The van der Waals surface area contributed by atoms with Crippen LogP contribution < -0.4 is 16.1 Å². The Morgan fingerprint density at radius 2 is 1.97 bits per heavy atom. The van der Waals surface area contributed by atoms with Crippen LogP contribution in [0.4, 0.5) is 17.5 Å². The minimum absolute atomic E-state index is 0.111. The van der Waals surface area contributed by atoms with E-state index in [0.717, 1.165) is 11.3 Å². The Balaban J connectivity index is 1.48. The molecule has 12 heteroatoms. The third-order valence-corrected chi connectivity index (χ3v) is 5.26. The largest absolute Gasteiger partial charge is 0.394 e. The Kier molecular flexibility index (Phi) is 6.51. The molecule has 1 aliphatic heterocycles. The number of nitrogens with two attached hydrogens (primary N) is 1. The van der Waals surface area contributed by atoms with Crippen LogP contribution in [0.15, 0.2) is 41.8 Å². The van der Waals surface area contributed by atoms with E-state index in [4.69, 9.17) is 10.5 Å². The summed E-state index contributed by atoms with van der Waals surface area (Å²) in [4.78, 5) is 14.7. The van der Waals surface area contributed by atoms with Crippen molar-refractivity contribution < 1.29 is 20.1 Å². The third-order valence-electron chi connectivity index (χ3n) is 5.26. The van der Waals surface area contributed by atoms with E-state index in [1.165, 1.54) is 10.9 Å². The number of aromatic nitrogens is 4. The maximum atomic E-state index is 10.3. The predicted octanol–water partition coefficient (Wildman–Crippen LogP) is 0.197. The molecule has 3 heterocycles. The molecule has 0 radical (unpaired) electrons. The normalized spacial score (nSPS) is 23.2. The first-order chi connectivity index (χ1) is 15.9. The van der Waals surface area contributed by atoms with Gasteiger partial charge in [0.2, 0.25) is 5.95 Å². The smallest absolute Gasteiger partial charge is 0.247 e. The van der Waals surface area contributed by atoms with Crippen LogP contribution in [-0.2, 0) is 4.74 Å². The van der Waals surface area contributed by atoms with Crippen molar-refractivity contribution in [2.75, 3.05) is 36.8 Å². The van der Waals surface area contributed by atoms with Crippen molar-refractivity contribution >= 4 is 40.9 Å². The van der Waals surface area contributed by atoms with Crippen LogP contribution >= 0.6 is 0 Å². The number of hydrazone groups is 1. The van der Waals surface area contributed by atoms with Gasteiger partial charge in [-0.15, -0.1) is 0 Å². The molecule has 2 aromatic heterocycles. The summed E-state index contributed by atoms with van der Waals surface area (Å²) in [6.45, 7) is -0.437. The van der Waals surface area contributed by atoms with Gasteiger partial charge >= 0.3 is 0 Å². The fourth-order valence-corrected chi connectivity index (χ4v) is 3.46. The highest BCUT2D eigenvalue weighted by Gasteiger charge is 2.44. The number of allylic oxidation sites excluding steroid dienone is 1. The number of benzene rings is 1. The van der Waals surface area contributed by atoms with Crippen molar-refractivity contribution in [1.82, 2.24) is 19.5 Å². The van der Waals surface area contributed by atoms with Gasteiger partial charge in [-0.1, -0.05) is 18.2 Å². The van der Waals surface area contributed by atoms with Gasteiger partial charge in [0, 0.05) is 26.0 Å². The Morgan fingerprint density at radius 3 is 2.64 bits per heavy atom. The van der Waals surface area contributed by atoms with Crippen LogP contribution in [0.1, 0.15) is 11.8 Å². The van der Waals surface area contributed by atoms with Gasteiger partial charge in [0.05, 0.1) is 12.9 Å². The topological polar surface area (TPSA) is 167 Å². The lowest BCUT2D eigenvalue weighted by Gasteiger charge is -2.16. The highest BCUT2D eigenvalue weighted by atomic mass is 16.6. The zero-order valence-corrected chi connectivity index (χ0v) is 18.1. The van der Waals surface area contributed by atoms with E-state index in [9.17, 15) is 15.3 Å². The van der Waals surface area contributed by atoms with Gasteiger partial charge in [0.25, 0.3) is 0 Å². The molecule has 0 aliphatic carbocycles. The molecular formula is C21H26N8O4.